The first-order chi connectivity index (χ1) is 12.0. The molecule has 0 spiro atoms. The predicted octanol–water partition coefficient (Wildman–Crippen LogP) is 5.04. The number of aromatic nitrogens is 1. The van der Waals surface area contributed by atoms with Gasteiger partial charge < -0.3 is 10.0 Å². The molecule has 0 aliphatic heterocycles. The number of nitrogens with zero attached hydrogens (tertiary/aromatic N) is 4. The summed E-state index contributed by atoms with van der Waals surface area (Å²) >= 11 is 1.24. The van der Waals surface area contributed by atoms with Gasteiger partial charge in [-0.15, -0.1) is 16.5 Å². The van der Waals surface area contributed by atoms with Crippen LogP contribution < -0.4 is 4.90 Å². The predicted molar refractivity (Wildman–Crippen MR) is 101 cm³/mol. The van der Waals surface area contributed by atoms with Gasteiger partial charge in [0, 0.05) is 31.9 Å². The highest BCUT2D eigenvalue weighted by Crippen LogP contribution is 2.44. The topological polar surface area (TPSA) is 78.1 Å². The van der Waals surface area contributed by atoms with E-state index < -0.39 is 5.97 Å². The van der Waals surface area contributed by atoms with Crippen LogP contribution in [-0.2, 0) is 6.42 Å². The molecular formula is C18H18N4O2S. The number of fused-ring (bicyclic) bond motifs is 1. The minimum absolute atomic E-state index is 0.321. The van der Waals surface area contributed by atoms with Crippen LogP contribution in [0.4, 0.5) is 17.1 Å². The molecule has 2 heterocycles. The summed E-state index contributed by atoms with van der Waals surface area (Å²) in [6, 6.07) is 7.43. The zero-order valence-electron chi connectivity index (χ0n) is 14.2. The van der Waals surface area contributed by atoms with Crippen LogP contribution in [0.1, 0.15) is 22.2 Å². The number of rotatable bonds is 5. The first kappa shape index (κ1) is 17.0. The third kappa shape index (κ3) is 3.23. The molecule has 0 atom stereocenters. The molecule has 0 amide bonds. The minimum Gasteiger partial charge on any atom is -0.477 e. The Hall–Kier alpha value is -2.80. The summed E-state index contributed by atoms with van der Waals surface area (Å²) in [5.74, 6) is -0.927. The number of hydrogen-bond acceptors (Lipinski definition) is 6. The smallest absolute Gasteiger partial charge is 0.348 e. The van der Waals surface area contributed by atoms with Crippen molar-refractivity contribution in [1.29, 1.82) is 0 Å². The Morgan fingerprint density at radius 2 is 1.92 bits per heavy atom. The molecule has 25 heavy (non-hydrogen) atoms. The number of benzene rings is 1. The second kappa shape index (κ2) is 6.98. The largest absolute Gasteiger partial charge is 0.477 e. The Labute approximate surface area is 149 Å². The highest BCUT2D eigenvalue weighted by molar-refractivity contribution is 7.22. The van der Waals surface area contributed by atoms with E-state index in [4.69, 9.17) is 0 Å². The molecule has 1 N–H and O–H groups in total. The van der Waals surface area contributed by atoms with Gasteiger partial charge in [-0.3, -0.25) is 4.98 Å². The summed E-state index contributed by atoms with van der Waals surface area (Å²) in [4.78, 5) is 17.8. The van der Waals surface area contributed by atoms with Gasteiger partial charge in [0.15, 0.2) is 0 Å². The van der Waals surface area contributed by atoms with Crippen LogP contribution in [0.25, 0.3) is 10.1 Å². The molecule has 128 valence electrons. The van der Waals surface area contributed by atoms with Gasteiger partial charge in [0.2, 0.25) is 0 Å². The normalized spacial score (nSPS) is 11.3. The minimum atomic E-state index is -0.927. The van der Waals surface area contributed by atoms with Crippen LogP contribution in [-0.4, -0.2) is 30.2 Å². The summed E-state index contributed by atoms with van der Waals surface area (Å²) in [6.07, 6.45) is 4.12. The van der Waals surface area contributed by atoms with Crippen LogP contribution >= 0.6 is 11.3 Å². The lowest BCUT2D eigenvalue weighted by atomic mass is 10.0. The van der Waals surface area contributed by atoms with Gasteiger partial charge in [0.05, 0.1) is 16.1 Å². The summed E-state index contributed by atoms with van der Waals surface area (Å²) < 4.78 is 0.846. The van der Waals surface area contributed by atoms with E-state index in [2.05, 4.69) is 22.1 Å². The summed E-state index contributed by atoms with van der Waals surface area (Å²) in [5.41, 5.74) is 3.20. The number of azo groups is 1. The van der Waals surface area contributed by atoms with E-state index in [1.54, 1.807) is 24.5 Å². The van der Waals surface area contributed by atoms with Crippen molar-refractivity contribution in [1.82, 2.24) is 4.98 Å². The number of hydrogen-bond donors (Lipinski definition) is 1. The van der Waals surface area contributed by atoms with Crippen molar-refractivity contribution in [2.24, 2.45) is 10.2 Å². The Morgan fingerprint density at radius 1 is 1.20 bits per heavy atom. The van der Waals surface area contributed by atoms with E-state index >= 15 is 0 Å². The van der Waals surface area contributed by atoms with Crippen LogP contribution in [0.5, 0.6) is 0 Å². The molecule has 3 rings (SSSR count). The molecule has 0 unspecified atom stereocenters. The van der Waals surface area contributed by atoms with Gasteiger partial charge >= 0.3 is 5.97 Å². The number of carboxylic acids is 1. The van der Waals surface area contributed by atoms with E-state index in [1.165, 1.54) is 11.3 Å². The van der Waals surface area contributed by atoms with Gasteiger partial charge in [-0.2, -0.15) is 5.11 Å². The molecule has 7 heteroatoms. The quantitative estimate of drug-likeness (QED) is 0.651. The third-order valence-corrected chi connectivity index (χ3v) is 5.03. The lowest BCUT2D eigenvalue weighted by Crippen LogP contribution is -2.12. The van der Waals surface area contributed by atoms with E-state index in [-0.39, 0.29) is 0 Å². The Balaban J connectivity index is 2.23. The van der Waals surface area contributed by atoms with Crippen molar-refractivity contribution in [2.45, 2.75) is 13.3 Å². The van der Waals surface area contributed by atoms with Crippen LogP contribution in [0.15, 0.2) is 46.9 Å². The molecular weight excluding hydrogens is 336 g/mol. The maximum Gasteiger partial charge on any atom is 0.348 e. The molecule has 0 fully saturated rings. The van der Waals surface area contributed by atoms with Crippen molar-refractivity contribution in [3.8, 4) is 0 Å². The Bertz CT molecular complexity index is 949. The standard InChI is InChI=1S/C18H18N4O2S/c1-4-11-5-6-13(21-20-12-7-9-19-10-8-12)16-14(11)15(22(2)3)17(25-16)18(23)24/h5-10H,4H2,1-3H3,(H,23,24). The van der Waals surface area contributed by atoms with E-state index in [0.29, 0.717) is 16.3 Å². The van der Waals surface area contributed by atoms with Crippen molar-refractivity contribution >= 4 is 44.5 Å². The highest BCUT2D eigenvalue weighted by atomic mass is 32.1. The third-order valence-electron chi connectivity index (χ3n) is 3.84. The van der Waals surface area contributed by atoms with Crippen LogP contribution in [0.2, 0.25) is 0 Å². The van der Waals surface area contributed by atoms with Crippen molar-refractivity contribution < 1.29 is 9.90 Å². The number of pyridine rings is 1. The van der Waals surface area contributed by atoms with Crippen LogP contribution in [0, 0.1) is 0 Å². The fourth-order valence-corrected chi connectivity index (χ4v) is 3.92. The zero-order valence-corrected chi connectivity index (χ0v) is 15.0. The Kier molecular flexibility index (Phi) is 4.76. The molecule has 0 saturated heterocycles. The van der Waals surface area contributed by atoms with E-state index in [9.17, 15) is 9.90 Å². The molecule has 0 radical (unpaired) electrons. The summed E-state index contributed by atoms with van der Waals surface area (Å²) in [6.45, 7) is 2.06. The summed E-state index contributed by atoms with van der Waals surface area (Å²) in [7, 11) is 3.72. The van der Waals surface area contributed by atoms with Gasteiger partial charge in [0.1, 0.15) is 10.6 Å². The molecule has 0 aliphatic carbocycles. The van der Waals surface area contributed by atoms with Gasteiger partial charge in [-0.1, -0.05) is 13.0 Å². The number of aromatic carboxylic acids is 1. The lowest BCUT2D eigenvalue weighted by molar-refractivity contribution is 0.0703. The molecule has 0 bridgehead atoms. The van der Waals surface area contributed by atoms with Crippen molar-refractivity contribution in [3.05, 3.63) is 47.1 Å². The molecule has 2 aromatic heterocycles. The monoisotopic (exact) mass is 354 g/mol. The van der Waals surface area contributed by atoms with Gasteiger partial charge in [-0.05, 0) is 30.2 Å². The number of thiophene rings is 1. The average molecular weight is 354 g/mol. The van der Waals surface area contributed by atoms with E-state index in [1.807, 2.05) is 31.1 Å². The first-order valence-corrected chi connectivity index (χ1v) is 8.65. The first-order valence-electron chi connectivity index (χ1n) is 7.83. The fourth-order valence-electron chi connectivity index (χ4n) is 2.71. The zero-order chi connectivity index (χ0) is 18.0. The van der Waals surface area contributed by atoms with E-state index in [0.717, 1.165) is 27.8 Å². The number of carbonyl (C=O) groups is 1. The fraction of sp³-hybridized carbons (Fsp3) is 0.222. The van der Waals surface area contributed by atoms with Crippen molar-refractivity contribution in [3.63, 3.8) is 0 Å². The molecule has 0 saturated carbocycles. The maximum absolute atomic E-state index is 11.7. The average Bonchev–Trinajstić information content (AvgIpc) is 3.02. The number of anilines is 1. The van der Waals surface area contributed by atoms with Gasteiger partial charge in [-0.25, -0.2) is 4.79 Å². The second-order valence-electron chi connectivity index (χ2n) is 5.69. The van der Waals surface area contributed by atoms with Crippen LogP contribution in [0.3, 0.4) is 0 Å². The lowest BCUT2D eigenvalue weighted by Gasteiger charge is -2.14. The van der Waals surface area contributed by atoms with Crippen molar-refractivity contribution in [2.75, 3.05) is 19.0 Å². The molecule has 1 aromatic carbocycles. The number of aryl methyl sites for hydroxylation is 1. The summed E-state index contributed by atoms with van der Waals surface area (Å²) in [5, 5.41) is 19.1. The highest BCUT2D eigenvalue weighted by Gasteiger charge is 2.23. The molecule has 3 aromatic rings. The second-order valence-corrected chi connectivity index (χ2v) is 6.71. The molecule has 6 nitrogen and oxygen atoms in total. The SMILES string of the molecule is CCc1ccc(N=Nc2ccncc2)c2sc(C(=O)O)c(N(C)C)c12. The number of carboxylic acid groups (broad SMARTS) is 1. The Morgan fingerprint density at radius 3 is 2.52 bits per heavy atom. The van der Waals surface area contributed by atoms with Gasteiger partial charge in [0.25, 0.3) is 0 Å². The maximum atomic E-state index is 11.7. The molecule has 0 aliphatic rings.